The van der Waals surface area contributed by atoms with E-state index in [0.717, 1.165) is 0 Å². The lowest BCUT2D eigenvalue weighted by Gasteiger charge is -2.28. The molecule has 5 nitrogen and oxygen atoms in total. The van der Waals surface area contributed by atoms with E-state index in [1.165, 1.54) is 48.3 Å². The Labute approximate surface area is 167 Å². The fourth-order valence-corrected chi connectivity index (χ4v) is 3.42. The van der Waals surface area contributed by atoms with Crippen LogP contribution in [-0.2, 0) is 0 Å². The average Bonchev–Trinajstić information content (AvgIpc) is 2.94. The van der Waals surface area contributed by atoms with Crippen molar-refractivity contribution in [3.05, 3.63) is 64.7 Å². The second kappa shape index (κ2) is 8.56. The van der Waals surface area contributed by atoms with Crippen molar-refractivity contribution in [3.63, 3.8) is 0 Å². The Bertz CT molecular complexity index is 894. The molecule has 1 aliphatic rings. The topological polar surface area (TPSA) is 43.9 Å². The molecule has 0 N–H and O–H groups in total. The Morgan fingerprint density at radius 2 is 1.64 bits per heavy atom. The largest absolute Gasteiger partial charge is 0.337 e. The van der Waals surface area contributed by atoms with Crippen molar-refractivity contribution >= 4 is 29.2 Å². The van der Waals surface area contributed by atoms with Gasteiger partial charge < -0.3 is 9.80 Å². The maximum Gasteiger partial charge on any atom is 0.324 e. The number of halogens is 3. The standard InChI is InChI=1S/C20H20ClF2N3O2/c1-24(18-13-16(23)6-7-17(18)21)20(28)26-9-3-8-25(10-11-26)19(27)14-4-2-5-15(22)12-14/h2,4-7,12-13H,3,8-11H2,1H3. The third-order valence-corrected chi connectivity index (χ3v) is 5.00. The molecule has 28 heavy (non-hydrogen) atoms. The first-order valence-corrected chi connectivity index (χ1v) is 9.27. The normalized spacial score (nSPS) is 14.6. The van der Waals surface area contributed by atoms with E-state index in [1.54, 1.807) is 15.9 Å². The van der Waals surface area contributed by atoms with Gasteiger partial charge in [-0.2, -0.15) is 0 Å². The van der Waals surface area contributed by atoms with Gasteiger partial charge in [-0.3, -0.25) is 9.69 Å². The summed E-state index contributed by atoms with van der Waals surface area (Å²) in [4.78, 5) is 29.9. The molecule has 3 amide bonds. The van der Waals surface area contributed by atoms with Crippen molar-refractivity contribution in [1.29, 1.82) is 0 Å². The summed E-state index contributed by atoms with van der Waals surface area (Å²) >= 11 is 6.09. The lowest BCUT2D eigenvalue weighted by molar-refractivity contribution is 0.0762. The molecule has 0 radical (unpaired) electrons. The Morgan fingerprint density at radius 3 is 2.39 bits per heavy atom. The van der Waals surface area contributed by atoms with Gasteiger partial charge in [0.1, 0.15) is 11.6 Å². The molecular weight excluding hydrogens is 388 g/mol. The number of hydrogen-bond donors (Lipinski definition) is 0. The molecule has 8 heteroatoms. The number of hydrogen-bond acceptors (Lipinski definition) is 2. The molecule has 1 fully saturated rings. The number of amides is 3. The van der Waals surface area contributed by atoms with E-state index in [-0.39, 0.29) is 28.2 Å². The maximum absolute atomic E-state index is 13.5. The molecule has 3 rings (SSSR count). The van der Waals surface area contributed by atoms with Crippen molar-refractivity contribution < 1.29 is 18.4 Å². The fraction of sp³-hybridized carbons (Fsp3) is 0.300. The van der Waals surface area contributed by atoms with Gasteiger partial charge >= 0.3 is 6.03 Å². The molecule has 148 valence electrons. The van der Waals surface area contributed by atoms with Gasteiger partial charge in [-0.15, -0.1) is 0 Å². The van der Waals surface area contributed by atoms with Gasteiger partial charge in [0.2, 0.25) is 0 Å². The van der Waals surface area contributed by atoms with Crippen LogP contribution in [0.3, 0.4) is 0 Å². The van der Waals surface area contributed by atoms with Crippen molar-refractivity contribution in [1.82, 2.24) is 9.80 Å². The Kier molecular flexibility index (Phi) is 6.14. The van der Waals surface area contributed by atoms with E-state index >= 15 is 0 Å². The van der Waals surface area contributed by atoms with E-state index in [1.807, 2.05) is 0 Å². The smallest absolute Gasteiger partial charge is 0.324 e. The molecule has 0 aromatic heterocycles. The van der Waals surface area contributed by atoms with Crippen LogP contribution in [0.15, 0.2) is 42.5 Å². The van der Waals surface area contributed by atoms with E-state index in [9.17, 15) is 18.4 Å². The summed E-state index contributed by atoms with van der Waals surface area (Å²) in [5.41, 5.74) is 0.562. The molecule has 0 atom stereocenters. The van der Waals surface area contributed by atoms with Crippen LogP contribution in [-0.4, -0.2) is 55.0 Å². The number of carbonyl (C=O) groups is 2. The number of rotatable bonds is 2. The third-order valence-electron chi connectivity index (χ3n) is 4.68. The molecule has 0 saturated carbocycles. The summed E-state index contributed by atoms with van der Waals surface area (Å²) in [6.07, 6.45) is 0.581. The Hall–Kier alpha value is -2.67. The van der Waals surface area contributed by atoms with Gasteiger partial charge in [0.05, 0.1) is 10.7 Å². The lowest BCUT2D eigenvalue weighted by atomic mass is 10.2. The molecule has 2 aromatic rings. The molecule has 1 saturated heterocycles. The van der Waals surface area contributed by atoms with Gasteiger partial charge in [0.15, 0.2) is 0 Å². The van der Waals surface area contributed by atoms with E-state index in [4.69, 9.17) is 11.6 Å². The van der Waals surface area contributed by atoms with Crippen LogP contribution in [0.5, 0.6) is 0 Å². The maximum atomic E-state index is 13.5. The van der Waals surface area contributed by atoms with Crippen LogP contribution in [0, 0.1) is 11.6 Å². The van der Waals surface area contributed by atoms with Gasteiger partial charge in [-0.05, 0) is 42.8 Å². The minimum Gasteiger partial charge on any atom is -0.337 e. The van der Waals surface area contributed by atoms with Crippen LogP contribution in [0.25, 0.3) is 0 Å². The second-order valence-corrected chi connectivity index (χ2v) is 6.99. The number of anilines is 1. The van der Waals surface area contributed by atoms with Crippen molar-refractivity contribution in [2.24, 2.45) is 0 Å². The second-order valence-electron chi connectivity index (χ2n) is 6.58. The predicted octanol–water partition coefficient (Wildman–Crippen LogP) is 4.02. The number of carbonyl (C=O) groups excluding carboxylic acids is 2. The first-order valence-electron chi connectivity index (χ1n) is 8.89. The van der Waals surface area contributed by atoms with Crippen LogP contribution in [0.2, 0.25) is 5.02 Å². The number of urea groups is 1. The van der Waals surface area contributed by atoms with Crippen LogP contribution in [0.1, 0.15) is 16.8 Å². The average molecular weight is 408 g/mol. The first-order chi connectivity index (χ1) is 13.4. The summed E-state index contributed by atoms with van der Waals surface area (Å²) in [5.74, 6) is -1.22. The van der Waals surface area contributed by atoms with E-state index < -0.39 is 11.6 Å². The summed E-state index contributed by atoms with van der Waals surface area (Å²) in [7, 11) is 1.53. The third kappa shape index (κ3) is 4.42. The molecule has 0 bridgehead atoms. The van der Waals surface area contributed by atoms with Crippen molar-refractivity contribution in [2.45, 2.75) is 6.42 Å². The quantitative estimate of drug-likeness (QED) is 0.754. The van der Waals surface area contributed by atoms with Gasteiger partial charge in [-0.1, -0.05) is 17.7 Å². The van der Waals surface area contributed by atoms with E-state index in [0.29, 0.717) is 32.6 Å². The minimum atomic E-state index is -0.484. The molecular formula is C20H20ClF2N3O2. The molecule has 1 aliphatic heterocycles. The summed E-state index contributed by atoms with van der Waals surface area (Å²) < 4.78 is 26.9. The summed E-state index contributed by atoms with van der Waals surface area (Å²) in [5, 5.41) is 0.273. The van der Waals surface area contributed by atoms with E-state index in [2.05, 4.69) is 0 Å². The van der Waals surface area contributed by atoms with Crippen molar-refractivity contribution in [3.8, 4) is 0 Å². The molecule has 1 heterocycles. The van der Waals surface area contributed by atoms with Crippen molar-refractivity contribution in [2.75, 3.05) is 38.1 Å². The number of benzene rings is 2. The highest BCUT2D eigenvalue weighted by Crippen LogP contribution is 2.26. The lowest BCUT2D eigenvalue weighted by Crippen LogP contribution is -2.43. The zero-order chi connectivity index (χ0) is 20.3. The zero-order valence-corrected chi connectivity index (χ0v) is 16.1. The van der Waals surface area contributed by atoms with Crippen LogP contribution in [0.4, 0.5) is 19.3 Å². The van der Waals surface area contributed by atoms with Crippen LogP contribution < -0.4 is 4.90 Å². The molecule has 0 unspecified atom stereocenters. The van der Waals surface area contributed by atoms with Crippen LogP contribution >= 0.6 is 11.6 Å². The SMILES string of the molecule is CN(C(=O)N1CCCN(C(=O)c2cccc(F)c2)CC1)c1cc(F)ccc1Cl. The summed E-state index contributed by atoms with van der Waals surface area (Å²) in [6.45, 7) is 1.55. The van der Waals surface area contributed by atoms with Gasteiger partial charge in [0, 0.05) is 38.8 Å². The Morgan fingerprint density at radius 1 is 0.964 bits per heavy atom. The highest BCUT2D eigenvalue weighted by atomic mass is 35.5. The zero-order valence-electron chi connectivity index (χ0n) is 15.4. The molecule has 0 spiro atoms. The highest BCUT2D eigenvalue weighted by Gasteiger charge is 2.26. The van der Waals surface area contributed by atoms with Gasteiger partial charge in [-0.25, -0.2) is 13.6 Å². The number of nitrogens with zero attached hydrogens (tertiary/aromatic N) is 3. The van der Waals surface area contributed by atoms with Gasteiger partial charge in [0.25, 0.3) is 5.91 Å². The Balaban J connectivity index is 1.68. The first kappa shape index (κ1) is 20.1. The molecule has 0 aliphatic carbocycles. The summed E-state index contributed by atoms with van der Waals surface area (Å²) in [6, 6.07) is 9.06. The monoisotopic (exact) mass is 407 g/mol. The highest BCUT2D eigenvalue weighted by molar-refractivity contribution is 6.33. The fourth-order valence-electron chi connectivity index (χ4n) is 3.17. The predicted molar refractivity (Wildman–Crippen MR) is 104 cm³/mol. The minimum absolute atomic E-state index is 0.268. The molecule has 2 aromatic carbocycles.